The molecular weight excluding hydrogens is 335 g/mol. The second-order valence-electron chi connectivity index (χ2n) is 4.39. The number of halogens is 2. The Morgan fingerprint density at radius 2 is 1.90 bits per heavy atom. The number of pyridine rings is 1. The number of benzene rings is 1. The lowest BCUT2D eigenvalue weighted by Crippen LogP contribution is -2.30. The standard InChI is InChI=1S/C13H12Cl2N2O3S/c1-8(9-2-3-10(14)11(15)6-9)17-21(19,20)13-7-16-5-4-12(13)18/h2-8,17H,1H3,(H,16,18). The predicted molar refractivity (Wildman–Crippen MR) is 82.3 cm³/mol. The van der Waals surface area contributed by atoms with Crippen LogP contribution in [0, 0.1) is 0 Å². The Morgan fingerprint density at radius 1 is 1.19 bits per heavy atom. The molecule has 0 bridgehead atoms. The summed E-state index contributed by atoms with van der Waals surface area (Å²) in [5, 5.41) is 0.716. The highest BCUT2D eigenvalue weighted by Crippen LogP contribution is 2.26. The first kappa shape index (κ1) is 16.0. The molecule has 21 heavy (non-hydrogen) atoms. The lowest BCUT2D eigenvalue weighted by atomic mass is 10.1. The Hall–Kier alpha value is -1.34. The molecule has 0 fully saturated rings. The van der Waals surface area contributed by atoms with Gasteiger partial charge in [0.05, 0.1) is 10.0 Å². The third kappa shape index (κ3) is 3.65. The van der Waals surface area contributed by atoms with Gasteiger partial charge < -0.3 is 4.98 Å². The number of nitrogens with one attached hydrogen (secondary N) is 2. The molecule has 0 amide bonds. The van der Waals surface area contributed by atoms with Crippen LogP contribution in [0.1, 0.15) is 18.5 Å². The third-order valence-corrected chi connectivity index (χ3v) is 5.15. The second-order valence-corrected chi connectivity index (χ2v) is 6.89. The normalized spacial score (nSPS) is 13.1. The van der Waals surface area contributed by atoms with Crippen LogP contribution >= 0.6 is 23.2 Å². The highest BCUT2D eigenvalue weighted by molar-refractivity contribution is 7.89. The van der Waals surface area contributed by atoms with Gasteiger partial charge >= 0.3 is 0 Å². The molecule has 5 nitrogen and oxygen atoms in total. The van der Waals surface area contributed by atoms with Gasteiger partial charge in [-0.25, -0.2) is 13.1 Å². The first-order valence-electron chi connectivity index (χ1n) is 5.95. The van der Waals surface area contributed by atoms with Gasteiger partial charge in [-0.05, 0) is 24.6 Å². The van der Waals surface area contributed by atoms with Crippen LogP contribution in [0.5, 0.6) is 0 Å². The van der Waals surface area contributed by atoms with Gasteiger partial charge in [0.25, 0.3) is 0 Å². The highest BCUT2D eigenvalue weighted by Gasteiger charge is 2.21. The quantitative estimate of drug-likeness (QED) is 0.893. The van der Waals surface area contributed by atoms with Crippen molar-refractivity contribution >= 4 is 33.2 Å². The van der Waals surface area contributed by atoms with Crippen LogP contribution < -0.4 is 10.2 Å². The lowest BCUT2D eigenvalue weighted by molar-refractivity contribution is 0.565. The van der Waals surface area contributed by atoms with Crippen molar-refractivity contribution in [3.8, 4) is 0 Å². The van der Waals surface area contributed by atoms with Crippen LogP contribution in [-0.4, -0.2) is 13.4 Å². The van der Waals surface area contributed by atoms with Crippen LogP contribution in [0.4, 0.5) is 0 Å². The molecule has 0 spiro atoms. The molecule has 112 valence electrons. The number of aromatic nitrogens is 1. The van der Waals surface area contributed by atoms with E-state index in [2.05, 4.69) is 9.71 Å². The SMILES string of the molecule is CC(NS(=O)(=O)c1c[nH]ccc1=O)c1ccc(Cl)c(Cl)c1. The molecule has 2 rings (SSSR count). The molecule has 2 N–H and O–H groups in total. The largest absolute Gasteiger partial charge is 0.366 e. The Balaban J connectivity index is 2.30. The molecule has 1 aromatic carbocycles. The van der Waals surface area contributed by atoms with E-state index in [1.54, 1.807) is 25.1 Å². The van der Waals surface area contributed by atoms with Crippen molar-refractivity contribution in [3.05, 3.63) is 62.5 Å². The Kier molecular flexibility index (Phi) is 4.73. The Bertz CT molecular complexity index is 818. The molecule has 8 heteroatoms. The summed E-state index contributed by atoms with van der Waals surface area (Å²) in [4.78, 5) is 13.8. The van der Waals surface area contributed by atoms with Crippen LogP contribution in [0.25, 0.3) is 0 Å². The van der Waals surface area contributed by atoms with Crippen molar-refractivity contribution in [2.45, 2.75) is 17.9 Å². The molecule has 1 unspecified atom stereocenters. The van der Waals surface area contributed by atoms with E-state index < -0.39 is 21.5 Å². The molecule has 0 saturated carbocycles. The molecule has 0 radical (unpaired) electrons. The number of hydrogen-bond donors (Lipinski definition) is 2. The summed E-state index contributed by atoms with van der Waals surface area (Å²) in [5.41, 5.74) is 0.0583. The van der Waals surface area contributed by atoms with E-state index in [1.165, 1.54) is 6.20 Å². The minimum Gasteiger partial charge on any atom is -0.366 e. The van der Waals surface area contributed by atoms with Gasteiger partial charge in [-0.1, -0.05) is 29.3 Å². The zero-order chi connectivity index (χ0) is 15.6. The Labute approximate surface area is 132 Å². The first-order valence-corrected chi connectivity index (χ1v) is 8.19. The third-order valence-electron chi connectivity index (χ3n) is 2.85. The second kappa shape index (κ2) is 6.19. The predicted octanol–water partition coefficient (Wildman–Crippen LogP) is 2.72. The first-order chi connectivity index (χ1) is 9.81. The van der Waals surface area contributed by atoms with Gasteiger partial charge in [-0.2, -0.15) is 0 Å². The number of H-pyrrole nitrogens is 1. The molecule has 0 saturated heterocycles. The van der Waals surface area contributed by atoms with Crippen LogP contribution in [-0.2, 0) is 10.0 Å². The lowest BCUT2D eigenvalue weighted by Gasteiger charge is -2.15. The van der Waals surface area contributed by atoms with Gasteiger partial charge in [0.2, 0.25) is 15.5 Å². The van der Waals surface area contributed by atoms with Crippen molar-refractivity contribution in [2.75, 3.05) is 0 Å². The maximum atomic E-state index is 12.2. The average Bonchev–Trinajstić information content (AvgIpc) is 2.41. The van der Waals surface area contributed by atoms with E-state index in [0.717, 1.165) is 12.3 Å². The molecule has 0 aliphatic carbocycles. The Morgan fingerprint density at radius 3 is 2.52 bits per heavy atom. The maximum absolute atomic E-state index is 12.2. The summed E-state index contributed by atoms with van der Waals surface area (Å²) in [6.07, 6.45) is 2.51. The van der Waals surface area contributed by atoms with Crippen molar-refractivity contribution in [1.82, 2.24) is 9.71 Å². The van der Waals surface area contributed by atoms with Crippen molar-refractivity contribution in [3.63, 3.8) is 0 Å². The smallest absolute Gasteiger partial charge is 0.246 e. The maximum Gasteiger partial charge on any atom is 0.246 e. The summed E-state index contributed by atoms with van der Waals surface area (Å²) >= 11 is 11.7. The van der Waals surface area contributed by atoms with E-state index >= 15 is 0 Å². The zero-order valence-electron chi connectivity index (χ0n) is 10.9. The minimum absolute atomic E-state index is 0.331. The van der Waals surface area contributed by atoms with Gasteiger partial charge in [-0.3, -0.25) is 4.79 Å². The van der Waals surface area contributed by atoms with E-state index in [4.69, 9.17) is 23.2 Å². The molecule has 1 atom stereocenters. The number of hydrogen-bond acceptors (Lipinski definition) is 3. The van der Waals surface area contributed by atoms with Crippen molar-refractivity contribution in [1.29, 1.82) is 0 Å². The molecule has 0 aliphatic rings. The highest BCUT2D eigenvalue weighted by atomic mass is 35.5. The number of sulfonamides is 1. The molecule has 2 aromatic rings. The van der Waals surface area contributed by atoms with Crippen LogP contribution in [0.2, 0.25) is 10.0 Å². The summed E-state index contributed by atoms with van der Waals surface area (Å²) in [6.45, 7) is 1.65. The van der Waals surface area contributed by atoms with E-state index in [9.17, 15) is 13.2 Å². The minimum atomic E-state index is -3.93. The molecule has 1 heterocycles. The fraction of sp³-hybridized carbons (Fsp3) is 0.154. The van der Waals surface area contributed by atoms with E-state index in [1.807, 2.05) is 0 Å². The molecular formula is C13H12Cl2N2O3S. The monoisotopic (exact) mass is 346 g/mol. The van der Waals surface area contributed by atoms with Crippen LogP contribution in [0.15, 0.2) is 46.3 Å². The van der Waals surface area contributed by atoms with Gasteiger partial charge in [0, 0.05) is 24.5 Å². The van der Waals surface area contributed by atoms with Crippen LogP contribution in [0.3, 0.4) is 0 Å². The average molecular weight is 347 g/mol. The van der Waals surface area contributed by atoms with Gasteiger partial charge in [-0.15, -0.1) is 0 Å². The topological polar surface area (TPSA) is 79.0 Å². The fourth-order valence-corrected chi connectivity index (χ4v) is 3.35. The molecule has 1 aromatic heterocycles. The van der Waals surface area contributed by atoms with E-state index in [-0.39, 0.29) is 4.90 Å². The molecule has 0 aliphatic heterocycles. The summed E-state index contributed by atoms with van der Waals surface area (Å²) in [7, 11) is -3.93. The van der Waals surface area contributed by atoms with Crippen molar-refractivity contribution in [2.24, 2.45) is 0 Å². The fourth-order valence-electron chi connectivity index (χ4n) is 1.76. The van der Waals surface area contributed by atoms with Gasteiger partial charge in [0.15, 0.2) is 0 Å². The number of aromatic amines is 1. The van der Waals surface area contributed by atoms with E-state index in [0.29, 0.717) is 15.6 Å². The van der Waals surface area contributed by atoms with Crippen molar-refractivity contribution < 1.29 is 8.42 Å². The number of rotatable bonds is 4. The zero-order valence-corrected chi connectivity index (χ0v) is 13.3. The summed E-state index contributed by atoms with van der Waals surface area (Å²) < 4.78 is 26.8. The van der Waals surface area contributed by atoms with Gasteiger partial charge in [0.1, 0.15) is 4.90 Å². The summed E-state index contributed by atoms with van der Waals surface area (Å²) in [5.74, 6) is 0. The summed E-state index contributed by atoms with van der Waals surface area (Å²) in [6, 6.07) is 5.41.